The third-order valence-corrected chi connectivity index (χ3v) is 3.14. The van der Waals surface area contributed by atoms with Gasteiger partial charge in [-0.25, -0.2) is 4.98 Å². The SMILES string of the molecule is CC(C)Nc1ccc(C(=O)NC2CCNCC2)cn1. The van der Waals surface area contributed by atoms with Crippen LogP contribution in [0.2, 0.25) is 0 Å². The Hall–Kier alpha value is -1.62. The minimum Gasteiger partial charge on any atom is -0.368 e. The molecular formula is C14H22N4O. The maximum atomic E-state index is 12.1. The van der Waals surface area contributed by atoms with E-state index in [1.165, 1.54) is 0 Å². The minimum absolute atomic E-state index is 0.0319. The first-order valence-corrected chi connectivity index (χ1v) is 6.89. The summed E-state index contributed by atoms with van der Waals surface area (Å²) in [6, 6.07) is 4.27. The zero-order valence-electron chi connectivity index (χ0n) is 11.6. The Morgan fingerprint density at radius 2 is 2.11 bits per heavy atom. The van der Waals surface area contributed by atoms with Crippen molar-refractivity contribution in [2.24, 2.45) is 0 Å². The molecule has 0 saturated carbocycles. The molecule has 5 nitrogen and oxygen atoms in total. The fourth-order valence-corrected chi connectivity index (χ4v) is 2.14. The summed E-state index contributed by atoms with van der Waals surface area (Å²) in [4.78, 5) is 16.3. The summed E-state index contributed by atoms with van der Waals surface area (Å²) in [5.41, 5.74) is 0.618. The average molecular weight is 262 g/mol. The van der Waals surface area contributed by atoms with E-state index in [4.69, 9.17) is 0 Å². The highest BCUT2D eigenvalue weighted by atomic mass is 16.1. The van der Waals surface area contributed by atoms with Crippen LogP contribution in [0.25, 0.3) is 0 Å². The van der Waals surface area contributed by atoms with Crippen molar-refractivity contribution in [2.45, 2.75) is 38.8 Å². The van der Waals surface area contributed by atoms with Crippen molar-refractivity contribution in [1.29, 1.82) is 0 Å². The predicted molar refractivity (Wildman–Crippen MR) is 76.4 cm³/mol. The van der Waals surface area contributed by atoms with Crippen molar-refractivity contribution in [3.8, 4) is 0 Å². The first-order chi connectivity index (χ1) is 9.15. The molecule has 2 rings (SSSR count). The van der Waals surface area contributed by atoms with E-state index >= 15 is 0 Å². The maximum absolute atomic E-state index is 12.1. The van der Waals surface area contributed by atoms with Crippen LogP contribution < -0.4 is 16.0 Å². The highest BCUT2D eigenvalue weighted by molar-refractivity contribution is 5.94. The van der Waals surface area contributed by atoms with E-state index < -0.39 is 0 Å². The molecule has 0 radical (unpaired) electrons. The fourth-order valence-electron chi connectivity index (χ4n) is 2.14. The molecule has 1 amide bonds. The standard InChI is InChI=1S/C14H22N4O/c1-10(2)17-13-4-3-11(9-16-13)14(19)18-12-5-7-15-8-6-12/h3-4,9-10,12,15H,5-8H2,1-2H3,(H,16,17)(H,18,19). The first-order valence-electron chi connectivity index (χ1n) is 6.89. The summed E-state index contributed by atoms with van der Waals surface area (Å²) in [5.74, 6) is 0.768. The molecule has 3 N–H and O–H groups in total. The van der Waals surface area contributed by atoms with Gasteiger partial charge in [0.1, 0.15) is 5.82 Å². The van der Waals surface area contributed by atoms with E-state index in [1.54, 1.807) is 6.20 Å². The van der Waals surface area contributed by atoms with Crippen LogP contribution in [0, 0.1) is 0 Å². The quantitative estimate of drug-likeness (QED) is 0.767. The van der Waals surface area contributed by atoms with Gasteiger partial charge in [0, 0.05) is 18.3 Å². The van der Waals surface area contributed by atoms with Gasteiger partial charge in [0.2, 0.25) is 0 Å². The van der Waals surface area contributed by atoms with Gasteiger partial charge in [-0.2, -0.15) is 0 Å². The van der Waals surface area contributed by atoms with Gasteiger partial charge in [-0.15, -0.1) is 0 Å². The molecule has 104 valence electrons. The van der Waals surface area contributed by atoms with E-state index in [-0.39, 0.29) is 11.9 Å². The Labute approximate surface area is 114 Å². The fraction of sp³-hybridized carbons (Fsp3) is 0.571. The molecule has 1 aliphatic rings. The van der Waals surface area contributed by atoms with Crippen molar-refractivity contribution >= 4 is 11.7 Å². The number of carbonyl (C=O) groups excluding carboxylic acids is 1. The highest BCUT2D eigenvalue weighted by Gasteiger charge is 2.16. The van der Waals surface area contributed by atoms with Gasteiger partial charge in [0.15, 0.2) is 0 Å². The Morgan fingerprint density at radius 3 is 2.68 bits per heavy atom. The second-order valence-electron chi connectivity index (χ2n) is 5.23. The smallest absolute Gasteiger partial charge is 0.253 e. The Kier molecular flexibility index (Phi) is 4.74. The van der Waals surface area contributed by atoms with E-state index in [9.17, 15) is 4.79 Å². The van der Waals surface area contributed by atoms with Crippen LogP contribution >= 0.6 is 0 Å². The van der Waals surface area contributed by atoms with Crippen molar-refractivity contribution in [2.75, 3.05) is 18.4 Å². The number of carbonyl (C=O) groups is 1. The molecule has 1 aliphatic heterocycles. The Morgan fingerprint density at radius 1 is 1.37 bits per heavy atom. The molecule has 0 unspecified atom stereocenters. The average Bonchev–Trinajstić information content (AvgIpc) is 2.40. The lowest BCUT2D eigenvalue weighted by Gasteiger charge is -2.23. The lowest BCUT2D eigenvalue weighted by molar-refractivity contribution is 0.0929. The molecule has 0 spiro atoms. The van der Waals surface area contributed by atoms with Gasteiger partial charge in [-0.05, 0) is 51.9 Å². The summed E-state index contributed by atoms with van der Waals surface area (Å²) in [7, 11) is 0. The third kappa shape index (κ3) is 4.21. The molecule has 0 atom stereocenters. The second kappa shape index (κ2) is 6.52. The first kappa shape index (κ1) is 13.8. The topological polar surface area (TPSA) is 66.1 Å². The van der Waals surface area contributed by atoms with Crippen LogP contribution in [0.5, 0.6) is 0 Å². The maximum Gasteiger partial charge on any atom is 0.253 e. The summed E-state index contributed by atoms with van der Waals surface area (Å²) in [5, 5.41) is 9.54. The Bertz CT molecular complexity index is 410. The summed E-state index contributed by atoms with van der Waals surface area (Å²) >= 11 is 0. The second-order valence-corrected chi connectivity index (χ2v) is 5.23. The number of rotatable bonds is 4. The van der Waals surface area contributed by atoms with Crippen LogP contribution in [0.1, 0.15) is 37.0 Å². The molecule has 0 aliphatic carbocycles. The number of hydrogen-bond donors (Lipinski definition) is 3. The molecule has 0 aromatic carbocycles. The minimum atomic E-state index is -0.0319. The molecule has 1 fully saturated rings. The van der Waals surface area contributed by atoms with Gasteiger partial charge in [-0.1, -0.05) is 0 Å². The van der Waals surface area contributed by atoms with Crippen LogP contribution in [-0.2, 0) is 0 Å². The number of pyridine rings is 1. The lowest BCUT2D eigenvalue weighted by Crippen LogP contribution is -2.42. The van der Waals surface area contributed by atoms with Gasteiger partial charge < -0.3 is 16.0 Å². The number of anilines is 1. The van der Waals surface area contributed by atoms with Crippen molar-refractivity contribution < 1.29 is 4.79 Å². The van der Waals surface area contributed by atoms with E-state index in [2.05, 4.69) is 34.8 Å². The summed E-state index contributed by atoms with van der Waals surface area (Å²) < 4.78 is 0. The number of amides is 1. The molecule has 5 heteroatoms. The van der Waals surface area contributed by atoms with Gasteiger partial charge >= 0.3 is 0 Å². The number of hydrogen-bond acceptors (Lipinski definition) is 4. The largest absolute Gasteiger partial charge is 0.368 e. The molecular weight excluding hydrogens is 240 g/mol. The normalized spacial score (nSPS) is 16.4. The van der Waals surface area contributed by atoms with Crippen molar-refractivity contribution in [3.63, 3.8) is 0 Å². The molecule has 1 aromatic rings. The van der Waals surface area contributed by atoms with Gasteiger partial charge in [0.25, 0.3) is 5.91 Å². The summed E-state index contributed by atoms with van der Waals surface area (Å²) in [6.45, 7) is 6.06. The molecule has 2 heterocycles. The van der Waals surface area contributed by atoms with Crippen LogP contribution in [0.3, 0.4) is 0 Å². The number of aromatic nitrogens is 1. The van der Waals surface area contributed by atoms with Crippen molar-refractivity contribution in [1.82, 2.24) is 15.6 Å². The van der Waals surface area contributed by atoms with Gasteiger partial charge in [0.05, 0.1) is 5.56 Å². The Balaban J connectivity index is 1.91. The zero-order chi connectivity index (χ0) is 13.7. The lowest BCUT2D eigenvalue weighted by atomic mass is 10.1. The van der Waals surface area contributed by atoms with Crippen LogP contribution in [-0.4, -0.2) is 36.1 Å². The van der Waals surface area contributed by atoms with Gasteiger partial charge in [-0.3, -0.25) is 4.79 Å². The van der Waals surface area contributed by atoms with Crippen molar-refractivity contribution in [3.05, 3.63) is 23.9 Å². The molecule has 0 bridgehead atoms. The predicted octanol–water partition coefficient (Wildman–Crippen LogP) is 1.38. The number of nitrogens with one attached hydrogen (secondary N) is 3. The molecule has 19 heavy (non-hydrogen) atoms. The van der Waals surface area contributed by atoms with Crippen LogP contribution in [0.4, 0.5) is 5.82 Å². The number of piperidine rings is 1. The monoisotopic (exact) mass is 262 g/mol. The van der Waals surface area contributed by atoms with Crippen LogP contribution in [0.15, 0.2) is 18.3 Å². The van der Waals surface area contributed by atoms with E-state index in [0.29, 0.717) is 11.6 Å². The zero-order valence-corrected chi connectivity index (χ0v) is 11.6. The highest BCUT2D eigenvalue weighted by Crippen LogP contribution is 2.08. The third-order valence-electron chi connectivity index (χ3n) is 3.14. The summed E-state index contributed by atoms with van der Waals surface area (Å²) in [6.07, 6.45) is 3.61. The molecule has 1 saturated heterocycles. The number of nitrogens with zero attached hydrogens (tertiary/aromatic N) is 1. The molecule has 1 aromatic heterocycles. The van der Waals surface area contributed by atoms with E-state index in [1.807, 2.05) is 12.1 Å². The van der Waals surface area contributed by atoms with E-state index in [0.717, 1.165) is 31.7 Å².